The maximum atomic E-state index is 6.03. The van der Waals surface area contributed by atoms with Gasteiger partial charge in [-0.3, -0.25) is 0 Å². The van der Waals surface area contributed by atoms with Gasteiger partial charge in [-0.25, -0.2) is 4.98 Å². The molecule has 23 heavy (non-hydrogen) atoms. The highest BCUT2D eigenvalue weighted by atomic mass is 35.5. The van der Waals surface area contributed by atoms with Crippen LogP contribution in [0.1, 0.15) is 0 Å². The van der Waals surface area contributed by atoms with Crippen molar-refractivity contribution in [3.8, 4) is 22.4 Å². The Labute approximate surface area is 140 Å². The highest BCUT2D eigenvalue weighted by Crippen LogP contribution is 2.33. The summed E-state index contributed by atoms with van der Waals surface area (Å²) in [5.41, 5.74) is 5.26. The Morgan fingerprint density at radius 3 is 2.30 bits per heavy atom. The molecule has 4 aromatic rings. The van der Waals surface area contributed by atoms with E-state index in [1.54, 1.807) is 0 Å². The molecule has 0 saturated carbocycles. The van der Waals surface area contributed by atoms with Crippen molar-refractivity contribution in [2.24, 2.45) is 0 Å². The molecular weight excluding hydrogens is 302 g/mol. The third-order valence-corrected chi connectivity index (χ3v) is 4.12. The van der Waals surface area contributed by atoms with E-state index in [1.165, 1.54) is 0 Å². The molecule has 0 atom stereocenters. The number of pyridine rings is 1. The molecule has 0 aliphatic carbocycles. The lowest BCUT2D eigenvalue weighted by Crippen LogP contribution is -1.91. The molecule has 0 fully saturated rings. The predicted octanol–water partition coefficient (Wildman–Crippen LogP) is 6.02. The van der Waals surface area contributed by atoms with Crippen molar-refractivity contribution >= 4 is 22.5 Å². The first-order valence-electron chi connectivity index (χ1n) is 7.43. The number of hydrogen-bond donors (Lipinski definition) is 0. The summed E-state index contributed by atoms with van der Waals surface area (Å²) < 4.78 is 0. The summed E-state index contributed by atoms with van der Waals surface area (Å²) in [4.78, 5) is 4.90. The molecule has 1 nitrogen and oxygen atoms in total. The Morgan fingerprint density at radius 1 is 0.783 bits per heavy atom. The molecule has 0 amide bonds. The molecule has 109 valence electrons. The summed E-state index contributed by atoms with van der Waals surface area (Å²) in [6, 6.07) is 29.2. The Balaban J connectivity index is 2.02. The Morgan fingerprint density at radius 2 is 1.52 bits per heavy atom. The van der Waals surface area contributed by atoms with Crippen LogP contribution in [0.15, 0.2) is 78.9 Å². The van der Waals surface area contributed by atoms with Gasteiger partial charge in [0.2, 0.25) is 0 Å². The number of hydrogen-bond acceptors (Lipinski definition) is 1. The molecule has 0 saturated heterocycles. The van der Waals surface area contributed by atoms with Crippen LogP contribution in [0.3, 0.4) is 0 Å². The number of para-hydroxylation sites is 1. The summed E-state index contributed by atoms with van der Waals surface area (Å²) in [5, 5.41) is 1.86. The maximum absolute atomic E-state index is 6.03. The van der Waals surface area contributed by atoms with Crippen molar-refractivity contribution in [2.45, 2.75) is 0 Å². The lowest BCUT2D eigenvalue weighted by molar-refractivity contribution is 1.39. The van der Waals surface area contributed by atoms with Gasteiger partial charge in [-0.2, -0.15) is 0 Å². The number of nitrogens with zero attached hydrogens (tertiary/aromatic N) is 1. The summed E-state index contributed by atoms with van der Waals surface area (Å²) in [6.07, 6.45) is 0. The second-order valence-corrected chi connectivity index (χ2v) is 5.81. The molecule has 4 rings (SSSR count). The minimum Gasteiger partial charge on any atom is -0.247 e. The van der Waals surface area contributed by atoms with Crippen molar-refractivity contribution < 1.29 is 0 Å². The van der Waals surface area contributed by atoms with Gasteiger partial charge in [-0.15, -0.1) is 0 Å². The third-order valence-electron chi connectivity index (χ3n) is 3.87. The lowest BCUT2D eigenvalue weighted by Gasteiger charge is -2.11. The van der Waals surface area contributed by atoms with E-state index in [-0.39, 0.29) is 0 Å². The predicted molar refractivity (Wildman–Crippen MR) is 96.5 cm³/mol. The number of fused-ring (bicyclic) bond motifs is 1. The van der Waals surface area contributed by atoms with Crippen LogP contribution >= 0.6 is 11.6 Å². The summed E-state index contributed by atoms with van der Waals surface area (Å²) in [7, 11) is 0. The van der Waals surface area contributed by atoms with Crippen molar-refractivity contribution in [2.75, 3.05) is 0 Å². The normalized spacial score (nSPS) is 10.8. The third kappa shape index (κ3) is 2.71. The van der Waals surface area contributed by atoms with Gasteiger partial charge in [0.15, 0.2) is 0 Å². The first-order valence-corrected chi connectivity index (χ1v) is 7.81. The summed E-state index contributed by atoms with van der Waals surface area (Å²) in [5.74, 6) is 0. The number of rotatable bonds is 2. The topological polar surface area (TPSA) is 12.9 Å². The fourth-order valence-electron chi connectivity index (χ4n) is 2.73. The number of halogens is 1. The maximum Gasteiger partial charge on any atom is 0.0788 e. The van der Waals surface area contributed by atoms with E-state index in [4.69, 9.17) is 16.6 Å². The van der Waals surface area contributed by atoms with Crippen LogP contribution in [0.2, 0.25) is 5.02 Å². The molecule has 0 aliphatic heterocycles. The summed E-state index contributed by atoms with van der Waals surface area (Å²) >= 11 is 6.03. The van der Waals surface area contributed by atoms with E-state index >= 15 is 0 Å². The second-order valence-electron chi connectivity index (χ2n) is 5.37. The van der Waals surface area contributed by atoms with E-state index in [0.29, 0.717) is 0 Å². The number of aromatic nitrogens is 1. The van der Waals surface area contributed by atoms with Gasteiger partial charge in [0.25, 0.3) is 0 Å². The summed E-state index contributed by atoms with van der Waals surface area (Å²) in [6.45, 7) is 0. The molecular formula is C21H13ClN. The second kappa shape index (κ2) is 5.86. The van der Waals surface area contributed by atoms with E-state index in [9.17, 15) is 0 Å². The van der Waals surface area contributed by atoms with Crippen LogP contribution in [-0.4, -0.2) is 4.98 Å². The SMILES string of the molecule is Clc1ccc(-c2cc3ccccc3nc2-c2cc[c]cc2)cc1. The van der Waals surface area contributed by atoms with Gasteiger partial charge in [-0.1, -0.05) is 66.2 Å². The van der Waals surface area contributed by atoms with Crippen LogP contribution in [-0.2, 0) is 0 Å². The molecule has 3 aromatic carbocycles. The van der Waals surface area contributed by atoms with Gasteiger partial charge in [0.1, 0.15) is 0 Å². The Hall–Kier alpha value is -2.64. The minimum absolute atomic E-state index is 0.735. The van der Waals surface area contributed by atoms with Crippen molar-refractivity contribution in [3.63, 3.8) is 0 Å². The van der Waals surface area contributed by atoms with Crippen LogP contribution in [0.25, 0.3) is 33.3 Å². The zero-order valence-corrected chi connectivity index (χ0v) is 13.1. The molecule has 1 radical (unpaired) electrons. The molecule has 1 aromatic heterocycles. The van der Waals surface area contributed by atoms with Crippen molar-refractivity contribution in [3.05, 3.63) is 90.0 Å². The molecule has 0 aliphatic rings. The average Bonchev–Trinajstić information content (AvgIpc) is 2.62. The van der Waals surface area contributed by atoms with Crippen LogP contribution in [0.4, 0.5) is 0 Å². The van der Waals surface area contributed by atoms with Crippen molar-refractivity contribution in [1.82, 2.24) is 4.98 Å². The smallest absolute Gasteiger partial charge is 0.0788 e. The van der Waals surface area contributed by atoms with Crippen LogP contribution < -0.4 is 0 Å². The Bertz CT molecular complexity index is 960. The standard InChI is InChI=1S/C21H13ClN/c22-18-12-10-15(11-13-18)19-14-17-8-4-5-9-20(17)23-21(19)16-6-2-1-3-7-16/h2-14H. The van der Waals surface area contributed by atoms with Gasteiger partial charge >= 0.3 is 0 Å². The fourth-order valence-corrected chi connectivity index (χ4v) is 2.86. The fraction of sp³-hybridized carbons (Fsp3) is 0. The van der Waals surface area contributed by atoms with Gasteiger partial charge in [0, 0.05) is 21.5 Å². The average molecular weight is 315 g/mol. The molecule has 0 spiro atoms. The minimum atomic E-state index is 0.735. The van der Waals surface area contributed by atoms with Gasteiger partial charge in [-0.05, 0) is 35.9 Å². The van der Waals surface area contributed by atoms with Gasteiger partial charge in [0.05, 0.1) is 11.2 Å². The zero-order chi connectivity index (χ0) is 15.6. The zero-order valence-electron chi connectivity index (χ0n) is 12.3. The molecule has 0 bridgehead atoms. The quantitative estimate of drug-likeness (QED) is 0.440. The highest BCUT2D eigenvalue weighted by Gasteiger charge is 2.11. The van der Waals surface area contributed by atoms with E-state index in [0.717, 1.165) is 38.3 Å². The van der Waals surface area contributed by atoms with Crippen LogP contribution in [0, 0.1) is 6.07 Å². The van der Waals surface area contributed by atoms with E-state index < -0.39 is 0 Å². The number of benzene rings is 3. The lowest BCUT2D eigenvalue weighted by atomic mass is 9.97. The molecule has 2 heteroatoms. The molecule has 0 N–H and O–H groups in total. The highest BCUT2D eigenvalue weighted by molar-refractivity contribution is 6.30. The molecule has 1 heterocycles. The van der Waals surface area contributed by atoms with Crippen LogP contribution in [0.5, 0.6) is 0 Å². The molecule has 0 unspecified atom stereocenters. The first-order chi connectivity index (χ1) is 11.3. The first kappa shape index (κ1) is 14.0. The Kier molecular flexibility index (Phi) is 3.57. The van der Waals surface area contributed by atoms with E-state index in [1.807, 2.05) is 66.7 Å². The monoisotopic (exact) mass is 314 g/mol. The largest absolute Gasteiger partial charge is 0.247 e. The van der Waals surface area contributed by atoms with Gasteiger partial charge < -0.3 is 0 Å². The van der Waals surface area contributed by atoms with Crippen molar-refractivity contribution in [1.29, 1.82) is 0 Å². The van der Waals surface area contributed by atoms with E-state index in [2.05, 4.69) is 18.2 Å².